The van der Waals surface area contributed by atoms with Crippen LogP contribution in [-0.4, -0.2) is 57.1 Å². The Kier molecular flexibility index (Phi) is 5.85. The summed E-state index contributed by atoms with van der Waals surface area (Å²) in [6.45, 7) is 2.49. The molecule has 1 aromatic carbocycles. The van der Waals surface area contributed by atoms with Gasteiger partial charge in [-0.25, -0.2) is 0 Å². The minimum Gasteiger partial charge on any atom is -0.497 e. The molecule has 1 atom stereocenters. The normalized spacial score (nSPS) is 18.5. The lowest BCUT2D eigenvalue weighted by atomic mass is 10.0. The molecule has 2 rings (SSSR count). The molecule has 0 spiro atoms. The van der Waals surface area contributed by atoms with Crippen LogP contribution in [0.5, 0.6) is 11.5 Å². The van der Waals surface area contributed by atoms with Gasteiger partial charge in [0.1, 0.15) is 11.5 Å². The van der Waals surface area contributed by atoms with Gasteiger partial charge in [-0.1, -0.05) is 0 Å². The molecule has 0 aliphatic carbocycles. The van der Waals surface area contributed by atoms with Crippen LogP contribution in [0.4, 0.5) is 0 Å². The molecule has 1 aliphatic rings. The Hall–Kier alpha value is -1.30. The lowest BCUT2D eigenvalue weighted by molar-refractivity contribution is 0.0238. The first-order valence-corrected chi connectivity index (χ1v) is 7.33. The summed E-state index contributed by atoms with van der Waals surface area (Å²) in [4.78, 5) is 2.26. The van der Waals surface area contributed by atoms with Crippen LogP contribution in [0.2, 0.25) is 0 Å². The molecule has 118 valence electrons. The van der Waals surface area contributed by atoms with Crippen LogP contribution in [0.1, 0.15) is 24.5 Å². The van der Waals surface area contributed by atoms with Crippen LogP contribution < -0.4 is 9.47 Å². The van der Waals surface area contributed by atoms with Gasteiger partial charge in [0.15, 0.2) is 0 Å². The second kappa shape index (κ2) is 7.64. The number of ether oxygens (including phenoxy) is 3. The van der Waals surface area contributed by atoms with E-state index in [0.717, 1.165) is 37.2 Å². The highest BCUT2D eigenvalue weighted by Crippen LogP contribution is 2.30. The topological polar surface area (TPSA) is 51.2 Å². The third kappa shape index (κ3) is 4.09. The Morgan fingerprint density at radius 3 is 2.48 bits per heavy atom. The van der Waals surface area contributed by atoms with Crippen molar-refractivity contribution in [3.8, 4) is 11.5 Å². The molecule has 5 nitrogen and oxygen atoms in total. The number of benzene rings is 1. The fourth-order valence-corrected chi connectivity index (χ4v) is 2.77. The van der Waals surface area contributed by atoms with Crippen molar-refractivity contribution in [3.63, 3.8) is 0 Å². The molecule has 1 unspecified atom stereocenters. The van der Waals surface area contributed by atoms with E-state index in [1.165, 1.54) is 0 Å². The smallest absolute Gasteiger partial charge is 0.124 e. The van der Waals surface area contributed by atoms with E-state index >= 15 is 0 Å². The number of β-amino-alcohol motifs (C(OH)–C–C–N with tert-alkyl or cyclic N) is 1. The van der Waals surface area contributed by atoms with E-state index in [1.54, 1.807) is 21.3 Å². The molecule has 0 saturated carbocycles. The number of aliphatic hydroxyl groups is 1. The zero-order valence-corrected chi connectivity index (χ0v) is 13.0. The molecule has 1 fully saturated rings. The van der Waals surface area contributed by atoms with Crippen LogP contribution >= 0.6 is 0 Å². The molecule has 1 heterocycles. The van der Waals surface area contributed by atoms with Crippen LogP contribution in [0.3, 0.4) is 0 Å². The predicted octanol–water partition coefficient (Wildman–Crippen LogP) is 1.85. The predicted molar refractivity (Wildman–Crippen MR) is 81.0 cm³/mol. The molecule has 0 aromatic heterocycles. The van der Waals surface area contributed by atoms with Crippen molar-refractivity contribution in [1.29, 1.82) is 0 Å². The zero-order valence-electron chi connectivity index (χ0n) is 13.0. The number of hydrogen-bond donors (Lipinski definition) is 1. The summed E-state index contributed by atoms with van der Waals surface area (Å²) in [5, 5.41) is 10.5. The van der Waals surface area contributed by atoms with E-state index in [2.05, 4.69) is 4.90 Å². The first-order valence-electron chi connectivity index (χ1n) is 7.33. The van der Waals surface area contributed by atoms with E-state index in [0.29, 0.717) is 18.4 Å². The summed E-state index contributed by atoms with van der Waals surface area (Å²) in [5.74, 6) is 1.41. The van der Waals surface area contributed by atoms with E-state index in [9.17, 15) is 5.11 Å². The van der Waals surface area contributed by atoms with Crippen molar-refractivity contribution in [1.82, 2.24) is 4.90 Å². The van der Waals surface area contributed by atoms with Gasteiger partial charge in [-0.3, -0.25) is 0 Å². The van der Waals surface area contributed by atoms with Gasteiger partial charge in [-0.2, -0.15) is 0 Å². The molecular weight excluding hydrogens is 270 g/mol. The lowest BCUT2D eigenvalue weighted by Gasteiger charge is -2.32. The minimum atomic E-state index is -0.589. The maximum atomic E-state index is 10.5. The molecule has 21 heavy (non-hydrogen) atoms. The van der Waals surface area contributed by atoms with Crippen molar-refractivity contribution in [3.05, 3.63) is 23.8 Å². The van der Waals surface area contributed by atoms with Crippen LogP contribution in [0, 0.1) is 0 Å². The second-order valence-corrected chi connectivity index (χ2v) is 5.36. The monoisotopic (exact) mass is 295 g/mol. The summed E-state index contributed by atoms with van der Waals surface area (Å²) < 4.78 is 15.9. The number of piperidine rings is 1. The van der Waals surface area contributed by atoms with E-state index in [4.69, 9.17) is 14.2 Å². The SMILES string of the molecule is COc1ccc(OC)c(C(O)CN2CCC(OC)CC2)c1. The maximum Gasteiger partial charge on any atom is 0.124 e. The van der Waals surface area contributed by atoms with Crippen LogP contribution in [-0.2, 0) is 4.74 Å². The van der Waals surface area contributed by atoms with E-state index < -0.39 is 6.10 Å². The van der Waals surface area contributed by atoms with Crippen molar-refractivity contribution in [2.45, 2.75) is 25.0 Å². The molecule has 1 aliphatic heterocycles. The Balaban J connectivity index is 2.01. The molecule has 0 amide bonds. The number of likely N-dealkylation sites (tertiary alicyclic amines) is 1. The molecule has 5 heteroatoms. The number of hydrogen-bond acceptors (Lipinski definition) is 5. The van der Waals surface area contributed by atoms with E-state index in [-0.39, 0.29) is 0 Å². The highest BCUT2D eigenvalue weighted by atomic mass is 16.5. The first kappa shape index (κ1) is 16.1. The number of rotatable bonds is 6. The molecule has 1 aromatic rings. The van der Waals surface area contributed by atoms with Gasteiger partial charge >= 0.3 is 0 Å². The summed E-state index contributed by atoms with van der Waals surface area (Å²) in [6.07, 6.45) is 1.79. The van der Waals surface area contributed by atoms with Crippen molar-refractivity contribution in [2.75, 3.05) is 41.0 Å². The van der Waals surface area contributed by atoms with Crippen molar-refractivity contribution < 1.29 is 19.3 Å². The Morgan fingerprint density at radius 1 is 1.19 bits per heavy atom. The average molecular weight is 295 g/mol. The van der Waals surface area contributed by atoms with Crippen LogP contribution in [0.25, 0.3) is 0 Å². The number of aliphatic hydroxyl groups excluding tert-OH is 1. The van der Waals surface area contributed by atoms with Crippen molar-refractivity contribution in [2.24, 2.45) is 0 Å². The third-order valence-electron chi connectivity index (χ3n) is 4.09. The van der Waals surface area contributed by atoms with Crippen molar-refractivity contribution >= 4 is 0 Å². The maximum absolute atomic E-state index is 10.5. The molecule has 1 saturated heterocycles. The molecule has 0 radical (unpaired) electrons. The highest BCUT2D eigenvalue weighted by molar-refractivity contribution is 5.41. The highest BCUT2D eigenvalue weighted by Gasteiger charge is 2.23. The summed E-state index contributed by atoms with van der Waals surface area (Å²) in [5.41, 5.74) is 0.769. The first-order chi connectivity index (χ1) is 10.2. The Labute approximate surface area is 126 Å². The Bertz CT molecular complexity index is 444. The van der Waals surface area contributed by atoms with Gasteiger partial charge in [0.25, 0.3) is 0 Å². The van der Waals surface area contributed by atoms with Gasteiger partial charge in [-0.05, 0) is 31.0 Å². The fourth-order valence-electron chi connectivity index (χ4n) is 2.77. The second-order valence-electron chi connectivity index (χ2n) is 5.36. The van der Waals surface area contributed by atoms with Crippen LogP contribution in [0.15, 0.2) is 18.2 Å². The average Bonchev–Trinajstić information content (AvgIpc) is 2.54. The lowest BCUT2D eigenvalue weighted by Crippen LogP contribution is -2.39. The minimum absolute atomic E-state index is 0.352. The largest absolute Gasteiger partial charge is 0.497 e. The molecule has 1 N–H and O–H groups in total. The summed E-state index contributed by atoms with van der Waals surface area (Å²) in [6, 6.07) is 5.50. The quantitative estimate of drug-likeness (QED) is 0.868. The number of nitrogens with zero attached hydrogens (tertiary/aromatic N) is 1. The summed E-state index contributed by atoms with van der Waals surface area (Å²) >= 11 is 0. The Morgan fingerprint density at radius 2 is 1.90 bits per heavy atom. The molecular formula is C16H25NO4. The number of methoxy groups -OCH3 is 3. The standard InChI is InChI=1S/C16H25NO4/c1-19-12-6-8-17(9-7-12)11-15(18)14-10-13(20-2)4-5-16(14)21-3/h4-5,10,12,15,18H,6-9,11H2,1-3H3. The molecule has 0 bridgehead atoms. The van der Waals surface area contributed by atoms with Gasteiger partial charge in [0, 0.05) is 32.3 Å². The summed E-state index contributed by atoms with van der Waals surface area (Å²) in [7, 11) is 4.99. The zero-order chi connectivity index (χ0) is 15.2. The van der Waals surface area contributed by atoms with Gasteiger partial charge < -0.3 is 24.2 Å². The third-order valence-corrected chi connectivity index (χ3v) is 4.09. The fraction of sp³-hybridized carbons (Fsp3) is 0.625. The van der Waals surface area contributed by atoms with Gasteiger partial charge in [-0.15, -0.1) is 0 Å². The van der Waals surface area contributed by atoms with E-state index in [1.807, 2.05) is 18.2 Å². The van der Waals surface area contributed by atoms with Gasteiger partial charge in [0.05, 0.1) is 26.4 Å². The van der Waals surface area contributed by atoms with Gasteiger partial charge in [0.2, 0.25) is 0 Å².